The van der Waals surface area contributed by atoms with Crippen molar-refractivity contribution in [3.63, 3.8) is 0 Å². The second-order valence-electron chi connectivity index (χ2n) is 6.72. The maximum Gasteiger partial charge on any atom is 0.345 e. The van der Waals surface area contributed by atoms with Crippen LogP contribution < -0.4 is 0 Å². The summed E-state index contributed by atoms with van der Waals surface area (Å²) in [5.41, 5.74) is 2.97. The Morgan fingerprint density at radius 2 is 0.931 bits per heavy atom. The SMILES string of the molecule is CC(=O)OC(=O)c1ccc(CCCCCc2ccc(C(=O)OC(C)=O)cc2)cc1. The molecule has 0 aliphatic rings. The quantitative estimate of drug-likeness (QED) is 0.380. The predicted molar refractivity (Wildman–Crippen MR) is 106 cm³/mol. The van der Waals surface area contributed by atoms with E-state index < -0.39 is 23.9 Å². The number of carbonyl (C=O) groups excluding carboxylic acids is 4. The molecule has 0 spiro atoms. The normalized spacial score (nSPS) is 10.3. The van der Waals surface area contributed by atoms with Gasteiger partial charge in [0.1, 0.15) is 0 Å². The van der Waals surface area contributed by atoms with Crippen LogP contribution in [0.5, 0.6) is 0 Å². The highest BCUT2D eigenvalue weighted by Gasteiger charge is 2.10. The molecule has 29 heavy (non-hydrogen) atoms. The summed E-state index contributed by atoms with van der Waals surface area (Å²) in [5, 5.41) is 0. The van der Waals surface area contributed by atoms with Crippen LogP contribution in [0.15, 0.2) is 48.5 Å². The molecule has 0 radical (unpaired) electrons. The number of esters is 4. The molecule has 0 N–H and O–H groups in total. The summed E-state index contributed by atoms with van der Waals surface area (Å²) >= 11 is 0. The lowest BCUT2D eigenvalue weighted by Gasteiger charge is -2.05. The van der Waals surface area contributed by atoms with Crippen molar-refractivity contribution in [2.75, 3.05) is 0 Å². The first-order valence-electron chi connectivity index (χ1n) is 9.48. The number of ether oxygens (including phenoxy) is 2. The summed E-state index contributed by atoms with van der Waals surface area (Å²) in [6.07, 6.45) is 4.87. The Labute approximate surface area is 169 Å². The Morgan fingerprint density at radius 1 is 0.586 bits per heavy atom. The third-order valence-electron chi connectivity index (χ3n) is 4.28. The monoisotopic (exact) mass is 396 g/mol. The first-order chi connectivity index (χ1) is 13.8. The van der Waals surface area contributed by atoms with E-state index >= 15 is 0 Å². The average molecular weight is 396 g/mol. The summed E-state index contributed by atoms with van der Waals surface area (Å²) in [6.45, 7) is 2.40. The van der Waals surface area contributed by atoms with E-state index in [1.807, 2.05) is 24.3 Å². The zero-order chi connectivity index (χ0) is 21.2. The molecule has 152 valence electrons. The number of unbranched alkanes of at least 4 members (excludes halogenated alkanes) is 2. The summed E-state index contributed by atoms with van der Waals surface area (Å²) in [4.78, 5) is 44.9. The van der Waals surface area contributed by atoms with Crippen molar-refractivity contribution in [2.45, 2.75) is 46.0 Å². The standard InChI is InChI=1S/C23H24O6/c1-16(24)28-22(26)20-12-8-18(9-13-20)6-4-3-5-7-19-10-14-21(15-11-19)23(27)29-17(2)25/h8-15H,3-7H2,1-2H3. The molecule has 0 amide bonds. The molecule has 2 rings (SSSR count). The molecule has 0 fully saturated rings. The van der Waals surface area contributed by atoms with Gasteiger partial charge < -0.3 is 9.47 Å². The fourth-order valence-electron chi connectivity index (χ4n) is 2.83. The van der Waals surface area contributed by atoms with E-state index in [2.05, 4.69) is 9.47 Å². The minimum Gasteiger partial charge on any atom is -0.390 e. The number of benzene rings is 2. The van der Waals surface area contributed by atoms with Gasteiger partial charge >= 0.3 is 23.9 Å². The molecule has 0 heterocycles. The minimum atomic E-state index is -0.635. The van der Waals surface area contributed by atoms with Gasteiger partial charge in [-0.25, -0.2) is 9.59 Å². The van der Waals surface area contributed by atoms with Crippen LogP contribution in [-0.2, 0) is 31.9 Å². The van der Waals surface area contributed by atoms with Crippen molar-refractivity contribution in [3.8, 4) is 0 Å². The number of aryl methyl sites for hydroxylation is 2. The third-order valence-corrected chi connectivity index (χ3v) is 4.28. The Kier molecular flexibility index (Phi) is 8.27. The van der Waals surface area contributed by atoms with E-state index in [-0.39, 0.29) is 0 Å². The van der Waals surface area contributed by atoms with Crippen LogP contribution in [0.3, 0.4) is 0 Å². The van der Waals surface area contributed by atoms with Crippen LogP contribution in [0.2, 0.25) is 0 Å². The van der Waals surface area contributed by atoms with Crippen LogP contribution in [0.1, 0.15) is 65.0 Å². The van der Waals surface area contributed by atoms with E-state index in [1.165, 1.54) is 13.8 Å². The van der Waals surface area contributed by atoms with Crippen molar-refractivity contribution >= 4 is 23.9 Å². The maximum atomic E-state index is 11.6. The number of carbonyl (C=O) groups is 4. The smallest absolute Gasteiger partial charge is 0.345 e. The zero-order valence-corrected chi connectivity index (χ0v) is 16.6. The molecule has 0 unspecified atom stereocenters. The van der Waals surface area contributed by atoms with Gasteiger partial charge in [-0.05, 0) is 61.1 Å². The predicted octanol–water partition coefficient (Wildman–Crippen LogP) is 4.05. The van der Waals surface area contributed by atoms with Gasteiger partial charge in [0, 0.05) is 13.8 Å². The van der Waals surface area contributed by atoms with Gasteiger partial charge in [0.25, 0.3) is 0 Å². The summed E-state index contributed by atoms with van der Waals surface area (Å²) in [6, 6.07) is 14.1. The Bertz CT molecular complexity index is 792. The van der Waals surface area contributed by atoms with Crippen molar-refractivity contribution in [1.82, 2.24) is 0 Å². The average Bonchev–Trinajstić information content (AvgIpc) is 2.67. The van der Waals surface area contributed by atoms with Gasteiger partial charge in [0.05, 0.1) is 11.1 Å². The van der Waals surface area contributed by atoms with E-state index in [1.54, 1.807) is 24.3 Å². The molecule has 0 atom stereocenters. The molecule has 2 aromatic rings. The van der Waals surface area contributed by atoms with Crippen LogP contribution >= 0.6 is 0 Å². The van der Waals surface area contributed by atoms with Crippen molar-refractivity contribution in [2.24, 2.45) is 0 Å². The minimum absolute atomic E-state index is 0.361. The highest BCUT2D eigenvalue weighted by Crippen LogP contribution is 2.13. The molecule has 6 heteroatoms. The molecule has 0 aromatic heterocycles. The number of hydrogen-bond donors (Lipinski definition) is 0. The summed E-state index contributed by atoms with van der Waals surface area (Å²) < 4.78 is 9.10. The summed E-state index contributed by atoms with van der Waals surface area (Å²) in [7, 11) is 0. The molecular formula is C23H24O6. The lowest BCUT2D eigenvalue weighted by atomic mass is 10.0. The Hall–Kier alpha value is -3.28. The van der Waals surface area contributed by atoms with Gasteiger partial charge in [-0.1, -0.05) is 30.7 Å². The molecule has 0 saturated carbocycles. The Morgan fingerprint density at radius 3 is 1.24 bits per heavy atom. The van der Waals surface area contributed by atoms with Crippen molar-refractivity contribution < 1.29 is 28.7 Å². The van der Waals surface area contributed by atoms with Crippen molar-refractivity contribution in [1.29, 1.82) is 0 Å². The summed E-state index contributed by atoms with van der Waals surface area (Å²) in [5.74, 6) is -2.51. The number of rotatable bonds is 8. The second kappa shape index (κ2) is 10.9. The molecule has 0 saturated heterocycles. The second-order valence-corrected chi connectivity index (χ2v) is 6.72. The molecular weight excluding hydrogens is 372 g/mol. The van der Waals surface area contributed by atoms with E-state index in [0.29, 0.717) is 11.1 Å². The van der Waals surface area contributed by atoms with Gasteiger partial charge in [-0.15, -0.1) is 0 Å². The maximum absolute atomic E-state index is 11.6. The van der Waals surface area contributed by atoms with Gasteiger partial charge in [0.15, 0.2) is 0 Å². The largest absolute Gasteiger partial charge is 0.390 e. The molecule has 2 aromatic carbocycles. The van der Waals surface area contributed by atoms with Crippen LogP contribution in [-0.4, -0.2) is 23.9 Å². The lowest BCUT2D eigenvalue weighted by molar-refractivity contribution is -0.136. The first-order valence-corrected chi connectivity index (χ1v) is 9.48. The van der Waals surface area contributed by atoms with E-state index in [9.17, 15) is 19.2 Å². The van der Waals surface area contributed by atoms with E-state index in [4.69, 9.17) is 0 Å². The molecule has 0 bridgehead atoms. The lowest BCUT2D eigenvalue weighted by Crippen LogP contribution is -2.09. The fraction of sp³-hybridized carbons (Fsp3) is 0.304. The highest BCUT2D eigenvalue weighted by atomic mass is 16.6. The first kappa shape index (κ1) is 22.0. The van der Waals surface area contributed by atoms with E-state index in [0.717, 1.165) is 43.2 Å². The third kappa shape index (κ3) is 7.70. The van der Waals surface area contributed by atoms with Gasteiger partial charge in [-0.3, -0.25) is 9.59 Å². The number of hydrogen-bond acceptors (Lipinski definition) is 6. The molecule has 6 nitrogen and oxygen atoms in total. The van der Waals surface area contributed by atoms with Crippen LogP contribution in [0.25, 0.3) is 0 Å². The fourth-order valence-corrected chi connectivity index (χ4v) is 2.83. The Balaban J connectivity index is 1.70. The van der Waals surface area contributed by atoms with Crippen LogP contribution in [0.4, 0.5) is 0 Å². The topological polar surface area (TPSA) is 86.7 Å². The van der Waals surface area contributed by atoms with Gasteiger partial charge in [-0.2, -0.15) is 0 Å². The van der Waals surface area contributed by atoms with Crippen molar-refractivity contribution in [3.05, 3.63) is 70.8 Å². The van der Waals surface area contributed by atoms with Crippen LogP contribution in [0, 0.1) is 0 Å². The zero-order valence-electron chi connectivity index (χ0n) is 16.6. The van der Waals surface area contributed by atoms with Gasteiger partial charge in [0.2, 0.25) is 0 Å². The molecule has 0 aliphatic heterocycles. The molecule has 0 aliphatic carbocycles. The highest BCUT2D eigenvalue weighted by molar-refractivity contribution is 5.96.